The van der Waals surface area contributed by atoms with Crippen LogP contribution in [0.2, 0.25) is 5.15 Å². The predicted octanol–water partition coefficient (Wildman–Crippen LogP) is 3.66. The molecule has 0 radical (unpaired) electrons. The van der Waals surface area contributed by atoms with Crippen molar-refractivity contribution in [3.8, 4) is 6.01 Å². The lowest BCUT2D eigenvalue weighted by Crippen LogP contribution is -2.42. The van der Waals surface area contributed by atoms with Gasteiger partial charge in [0.05, 0.1) is 18.5 Å². The molecule has 0 amide bonds. The number of anilines is 1. The van der Waals surface area contributed by atoms with Crippen molar-refractivity contribution in [1.29, 1.82) is 0 Å². The molecule has 0 aromatic carbocycles. The number of nitrogens with one attached hydrogen (secondary N) is 2. The van der Waals surface area contributed by atoms with Crippen LogP contribution in [0.25, 0.3) is 10.9 Å². The zero-order valence-electron chi connectivity index (χ0n) is 17.4. The number of aromatic nitrogens is 3. The van der Waals surface area contributed by atoms with E-state index < -0.39 is 24.5 Å². The number of pyridine rings is 1. The van der Waals surface area contributed by atoms with E-state index in [9.17, 15) is 17.6 Å². The van der Waals surface area contributed by atoms with E-state index in [2.05, 4.69) is 25.7 Å². The summed E-state index contributed by atoms with van der Waals surface area (Å²) in [5.74, 6) is -3.58. The molecule has 0 aliphatic carbocycles. The lowest BCUT2D eigenvalue weighted by Gasteiger charge is -2.25. The number of fused-ring (bicyclic) bond motifs is 1. The molecule has 12 heteroatoms. The molecule has 176 valence electrons. The van der Waals surface area contributed by atoms with Gasteiger partial charge in [-0.15, -0.1) is 0 Å². The number of nitrogens with zero attached hydrogens (tertiary/aromatic N) is 4. The molecule has 0 saturated carbocycles. The number of alkyl halides is 3. The van der Waals surface area contributed by atoms with Crippen LogP contribution in [-0.2, 0) is 0 Å². The van der Waals surface area contributed by atoms with Crippen LogP contribution in [0.1, 0.15) is 32.1 Å². The van der Waals surface area contributed by atoms with Crippen molar-refractivity contribution in [3.63, 3.8) is 0 Å². The first-order valence-electron chi connectivity index (χ1n) is 10.7. The second-order valence-electron chi connectivity index (χ2n) is 8.26. The summed E-state index contributed by atoms with van der Waals surface area (Å²) in [6.45, 7) is 0.846. The van der Waals surface area contributed by atoms with Gasteiger partial charge in [-0.2, -0.15) is 9.97 Å². The second-order valence-corrected chi connectivity index (χ2v) is 8.62. The van der Waals surface area contributed by atoms with E-state index in [-0.39, 0.29) is 59.8 Å². The molecule has 2 aromatic rings. The van der Waals surface area contributed by atoms with E-state index in [0.717, 1.165) is 19.4 Å². The van der Waals surface area contributed by atoms with E-state index in [4.69, 9.17) is 16.3 Å². The van der Waals surface area contributed by atoms with E-state index in [1.807, 2.05) is 0 Å². The summed E-state index contributed by atoms with van der Waals surface area (Å²) in [6, 6.07) is -0.123. The predicted molar refractivity (Wildman–Crippen MR) is 112 cm³/mol. The van der Waals surface area contributed by atoms with Crippen molar-refractivity contribution in [2.75, 3.05) is 37.8 Å². The Kier molecular flexibility index (Phi) is 7.16. The van der Waals surface area contributed by atoms with Gasteiger partial charge in [0, 0.05) is 25.7 Å². The summed E-state index contributed by atoms with van der Waals surface area (Å²) in [4.78, 5) is 12.3. The van der Waals surface area contributed by atoms with Gasteiger partial charge in [0.2, 0.25) is 0 Å². The van der Waals surface area contributed by atoms with E-state index in [1.165, 1.54) is 11.2 Å². The minimum absolute atomic E-state index is 0.0456. The third-order valence-corrected chi connectivity index (χ3v) is 5.94. The molecule has 2 aliphatic rings. The van der Waals surface area contributed by atoms with Crippen molar-refractivity contribution in [3.05, 3.63) is 17.2 Å². The Balaban J connectivity index is 1.62. The summed E-state index contributed by atoms with van der Waals surface area (Å²) in [7, 11) is 0. The molecule has 32 heavy (non-hydrogen) atoms. The summed E-state index contributed by atoms with van der Waals surface area (Å²) in [5.41, 5.74) is 2.55. The molecule has 2 aliphatic heterocycles. The van der Waals surface area contributed by atoms with Gasteiger partial charge in [0.25, 0.3) is 5.92 Å². The lowest BCUT2D eigenvalue weighted by atomic mass is 9.96. The number of hydrogen-bond donors (Lipinski definition) is 2. The Morgan fingerprint density at radius 2 is 2.12 bits per heavy atom. The molecule has 2 saturated heterocycles. The zero-order chi connectivity index (χ0) is 22.7. The van der Waals surface area contributed by atoms with Gasteiger partial charge in [-0.25, -0.2) is 28.0 Å². The molecule has 0 spiro atoms. The van der Waals surface area contributed by atoms with Crippen LogP contribution >= 0.6 is 11.6 Å². The van der Waals surface area contributed by atoms with Gasteiger partial charge in [0.1, 0.15) is 11.7 Å². The first-order chi connectivity index (χ1) is 15.3. The quantitative estimate of drug-likeness (QED) is 0.515. The van der Waals surface area contributed by atoms with Crippen molar-refractivity contribution in [2.24, 2.45) is 5.92 Å². The SMILES string of the molecule is Fc1c(Cl)ncc2c(N3CCCC(F)(F)CN3)nc(OC[C@@H]3CCCNC[C@H](F)C3)nc12. The molecule has 2 N–H and O–H groups in total. The maximum absolute atomic E-state index is 14.7. The molecule has 2 fully saturated rings. The Labute approximate surface area is 187 Å². The molecular weight excluding hydrogens is 452 g/mol. The molecule has 4 rings (SSSR count). The summed E-state index contributed by atoms with van der Waals surface area (Å²) in [6.07, 6.45) is 2.23. The Morgan fingerprint density at radius 1 is 1.28 bits per heavy atom. The summed E-state index contributed by atoms with van der Waals surface area (Å²) < 4.78 is 62.1. The zero-order valence-corrected chi connectivity index (χ0v) is 18.1. The van der Waals surface area contributed by atoms with Crippen LogP contribution < -0.4 is 20.5 Å². The van der Waals surface area contributed by atoms with Crippen molar-refractivity contribution in [2.45, 2.75) is 44.2 Å². The van der Waals surface area contributed by atoms with Gasteiger partial charge in [-0.3, -0.25) is 5.01 Å². The molecule has 7 nitrogen and oxygen atoms in total. The molecule has 0 unspecified atom stereocenters. The van der Waals surface area contributed by atoms with Crippen LogP contribution in [0.5, 0.6) is 6.01 Å². The molecule has 4 heterocycles. The monoisotopic (exact) mass is 476 g/mol. The number of hydrazine groups is 1. The number of halogens is 5. The van der Waals surface area contributed by atoms with Gasteiger partial charge in [-0.1, -0.05) is 11.6 Å². The fourth-order valence-corrected chi connectivity index (χ4v) is 4.14. The third kappa shape index (κ3) is 5.49. The normalized spacial score (nSPS) is 24.6. The fraction of sp³-hybridized carbons (Fsp3) is 0.650. The summed E-state index contributed by atoms with van der Waals surface area (Å²) in [5, 5.41) is 4.34. The van der Waals surface area contributed by atoms with Crippen LogP contribution in [0.15, 0.2) is 6.20 Å². The first kappa shape index (κ1) is 23.2. The number of hydrogen-bond acceptors (Lipinski definition) is 7. The minimum Gasteiger partial charge on any atom is -0.463 e. The highest BCUT2D eigenvalue weighted by atomic mass is 35.5. The smallest absolute Gasteiger partial charge is 0.319 e. The molecular formula is C20H25ClF4N6O. The molecule has 2 atom stereocenters. The second kappa shape index (κ2) is 9.88. The van der Waals surface area contributed by atoms with Crippen LogP contribution in [0, 0.1) is 11.7 Å². The van der Waals surface area contributed by atoms with Crippen LogP contribution in [0.3, 0.4) is 0 Å². The Bertz CT molecular complexity index is 952. The first-order valence-corrected chi connectivity index (χ1v) is 11.1. The highest BCUT2D eigenvalue weighted by Gasteiger charge is 2.33. The van der Waals surface area contributed by atoms with Crippen LogP contribution in [-0.4, -0.2) is 59.8 Å². The minimum atomic E-state index is -2.86. The largest absolute Gasteiger partial charge is 0.463 e. The Hall–Kier alpha value is -1.98. The van der Waals surface area contributed by atoms with Crippen LogP contribution in [0.4, 0.5) is 23.4 Å². The average molecular weight is 477 g/mol. The van der Waals surface area contributed by atoms with E-state index in [1.54, 1.807) is 0 Å². The average Bonchev–Trinajstić information content (AvgIpc) is 2.92. The number of ether oxygens (including phenoxy) is 1. The van der Waals surface area contributed by atoms with E-state index in [0.29, 0.717) is 13.0 Å². The third-order valence-electron chi connectivity index (χ3n) is 5.68. The van der Waals surface area contributed by atoms with Gasteiger partial charge in [-0.05, 0) is 38.1 Å². The van der Waals surface area contributed by atoms with Gasteiger partial charge in [0.15, 0.2) is 16.8 Å². The molecule has 2 aromatic heterocycles. The maximum atomic E-state index is 14.7. The maximum Gasteiger partial charge on any atom is 0.319 e. The van der Waals surface area contributed by atoms with Crippen molar-refractivity contribution in [1.82, 2.24) is 25.7 Å². The highest BCUT2D eigenvalue weighted by Crippen LogP contribution is 2.31. The fourth-order valence-electron chi connectivity index (χ4n) is 4.01. The van der Waals surface area contributed by atoms with E-state index >= 15 is 0 Å². The number of rotatable bonds is 4. The topological polar surface area (TPSA) is 75.2 Å². The molecule has 0 bridgehead atoms. The van der Waals surface area contributed by atoms with Crippen molar-refractivity contribution >= 4 is 28.3 Å². The lowest BCUT2D eigenvalue weighted by molar-refractivity contribution is -0.00177. The standard InChI is InChI=1S/C20H25ClF4N6O/c21-17-15(23)16-14(9-27-17)18(31-6-2-4-20(24,25)11-28-31)30-19(29-16)32-10-12-3-1-5-26-8-13(22)7-12/h9,12-13,26,28H,1-8,10-11H2/t12-,13-/m1/s1. The van der Waals surface area contributed by atoms with Crippen molar-refractivity contribution < 1.29 is 22.3 Å². The Morgan fingerprint density at radius 3 is 2.97 bits per heavy atom. The van der Waals surface area contributed by atoms with Gasteiger partial charge < -0.3 is 10.1 Å². The summed E-state index contributed by atoms with van der Waals surface area (Å²) >= 11 is 5.83. The highest BCUT2D eigenvalue weighted by molar-refractivity contribution is 6.30. The van der Waals surface area contributed by atoms with Gasteiger partial charge >= 0.3 is 6.01 Å².